The van der Waals surface area contributed by atoms with E-state index < -0.39 is 0 Å². The first-order valence-corrected chi connectivity index (χ1v) is 7.41. The number of carbonyl (C=O) groups is 1. The Morgan fingerprint density at radius 1 is 1.17 bits per heavy atom. The van der Waals surface area contributed by atoms with Crippen LogP contribution in [0.4, 0.5) is 0 Å². The number of carbonyl (C=O) groups excluding carboxylic acids is 1. The molecule has 0 spiro atoms. The van der Waals surface area contributed by atoms with E-state index in [0.29, 0.717) is 19.0 Å². The highest BCUT2D eigenvalue weighted by molar-refractivity contribution is 5.77. The van der Waals surface area contributed by atoms with E-state index in [2.05, 4.69) is 10.6 Å². The van der Waals surface area contributed by atoms with Gasteiger partial charge < -0.3 is 15.7 Å². The average Bonchev–Trinajstić information content (AvgIpc) is 3.21. The lowest BCUT2D eigenvalue weighted by atomic mass is 9.85. The van der Waals surface area contributed by atoms with Gasteiger partial charge in [0.25, 0.3) is 0 Å². The quantitative estimate of drug-likeness (QED) is 0.636. The lowest BCUT2D eigenvalue weighted by Gasteiger charge is -2.26. The van der Waals surface area contributed by atoms with Crippen molar-refractivity contribution in [2.75, 3.05) is 19.6 Å². The Morgan fingerprint density at radius 3 is 2.56 bits per heavy atom. The van der Waals surface area contributed by atoms with Crippen molar-refractivity contribution < 1.29 is 9.90 Å². The fourth-order valence-electron chi connectivity index (χ4n) is 2.68. The van der Waals surface area contributed by atoms with E-state index in [9.17, 15) is 9.90 Å². The third-order valence-corrected chi connectivity index (χ3v) is 4.12. The molecule has 1 atom stereocenters. The Labute approximate surface area is 110 Å². The van der Waals surface area contributed by atoms with E-state index in [0.717, 1.165) is 25.3 Å². The second-order valence-corrected chi connectivity index (χ2v) is 5.84. The number of aliphatic hydroxyl groups excluding tert-OH is 1. The summed E-state index contributed by atoms with van der Waals surface area (Å²) >= 11 is 0. The highest BCUT2D eigenvalue weighted by atomic mass is 16.3. The Hall–Kier alpha value is -0.610. The maximum atomic E-state index is 11.5. The Balaban J connectivity index is 1.53. The molecule has 0 aromatic heterocycles. The predicted octanol–water partition coefficient (Wildman–Crippen LogP) is 1.04. The van der Waals surface area contributed by atoms with Crippen LogP contribution in [-0.4, -0.2) is 36.8 Å². The van der Waals surface area contributed by atoms with Crippen LogP contribution in [0.5, 0.6) is 0 Å². The van der Waals surface area contributed by atoms with Gasteiger partial charge in [0.1, 0.15) is 0 Å². The summed E-state index contributed by atoms with van der Waals surface area (Å²) in [6, 6.07) is 0. The van der Waals surface area contributed by atoms with Gasteiger partial charge in [0, 0.05) is 6.54 Å². The number of rotatable bonds is 7. The molecule has 1 unspecified atom stereocenters. The van der Waals surface area contributed by atoms with Crippen LogP contribution in [0.2, 0.25) is 0 Å². The van der Waals surface area contributed by atoms with Crippen LogP contribution in [-0.2, 0) is 4.79 Å². The SMILES string of the molecule is O=C(CNCC1CC1)NCC(O)C1CCCCC1. The van der Waals surface area contributed by atoms with Crippen LogP contribution in [0, 0.1) is 11.8 Å². The molecule has 4 heteroatoms. The van der Waals surface area contributed by atoms with E-state index in [1.807, 2.05) is 0 Å². The van der Waals surface area contributed by atoms with Gasteiger partial charge in [0.2, 0.25) is 5.91 Å². The van der Waals surface area contributed by atoms with Crippen molar-refractivity contribution in [1.82, 2.24) is 10.6 Å². The molecular weight excluding hydrogens is 228 g/mol. The third kappa shape index (κ3) is 4.94. The van der Waals surface area contributed by atoms with E-state index in [1.165, 1.54) is 32.1 Å². The van der Waals surface area contributed by atoms with Crippen molar-refractivity contribution in [2.24, 2.45) is 11.8 Å². The molecule has 104 valence electrons. The minimum atomic E-state index is -0.363. The molecule has 18 heavy (non-hydrogen) atoms. The molecule has 2 aliphatic rings. The van der Waals surface area contributed by atoms with Crippen LogP contribution in [0.3, 0.4) is 0 Å². The molecule has 2 rings (SSSR count). The molecular formula is C14H26N2O2. The largest absolute Gasteiger partial charge is 0.391 e. The first kappa shape index (κ1) is 13.8. The molecule has 1 amide bonds. The van der Waals surface area contributed by atoms with Crippen LogP contribution in [0.25, 0.3) is 0 Å². The summed E-state index contributed by atoms with van der Waals surface area (Å²) in [5.41, 5.74) is 0. The van der Waals surface area contributed by atoms with E-state index in [4.69, 9.17) is 0 Å². The number of hydrogen-bond donors (Lipinski definition) is 3. The molecule has 0 aliphatic heterocycles. The highest BCUT2D eigenvalue weighted by Gasteiger charge is 2.22. The van der Waals surface area contributed by atoms with Crippen LogP contribution >= 0.6 is 0 Å². The van der Waals surface area contributed by atoms with E-state index >= 15 is 0 Å². The number of hydrogen-bond acceptors (Lipinski definition) is 3. The minimum absolute atomic E-state index is 0.00510. The fourth-order valence-corrected chi connectivity index (χ4v) is 2.68. The van der Waals surface area contributed by atoms with Crippen molar-refractivity contribution >= 4 is 5.91 Å². The number of amides is 1. The van der Waals surface area contributed by atoms with Crippen molar-refractivity contribution in [3.63, 3.8) is 0 Å². The lowest BCUT2D eigenvalue weighted by Crippen LogP contribution is -2.41. The van der Waals surface area contributed by atoms with Crippen molar-refractivity contribution in [1.29, 1.82) is 0 Å². The summed E-state index contributed by atoms with van der Waals surface area (Å²) in [5, 5.41) is 16.0. The molecule has 0 aromatic carbocycles. The minimum Gasteiger partial charge on any atom is -0.391 e. The standard InChI is InChI=1S/C14H26N2O2/c17-13(12-4-2-1-3-5-12)9-16-14(18)10-15-8-11-6-7-11/h11-13,15,17H,1-10H2,(H,16,18). The zero-order valence-corrected chi connectivity index (χ0v) is 11.2. The smallest absolute Gasteiger partial charge is 0.234 e. The van der Waals surface area contributed by atoms with Gasteiger partial charge in [-0.1, -0.05) is 19.3 Å². The van der Waals surface area contributed by atoms with Crippen molar-refractivity contribution in [3.05, 3.63) is 0 Å². The first-order chi connectivity index (χ1) is 8.75. The molecule has 0 aromatic rings. The summed E-state index contributed by atoms with van der Waals surface area (Å²) in [6.07, 6.45) is 8.19. The number of nitrogens with one attached hydrogen (secondary N) is 2. The lowest BCUT2D eigenvalue weighted by molar-refractivity contribution is -0.120. The van der Waals surface area contributed by atoms with Crippen molar-refractivity contribution in [2.45, 2.75) is 51.0 Å². The van der Waals surface area contributed by atoms with Gasteiger partial charge in [-0.2, -0.15) is 0 Å². The molecule has 0 heterocycles. The maximum Gasteiger partial charge on any atom is 0.234 e. The molecule has 0 bridgehead atoms. The summed E-state index contributed by atoms with van der Waals surface area (Å²) in [4.78, 5) is 11.5. The third-order valence-electron chi connectivity index (χ3n) is 4.12. The van der Waals surface area contributed by atoms with Gasteiger partial charge in [-0.15, -0.1) is 0 Å². The van der Waals surface area contributed by atoms with Gasteiger partial charge in [0.05, 0.1) is 12.6 Å². The van der Waals surface area contributed by atoms with Gasteiger partial charge in [-0.3, -0.25) is 4.79 Å². The second-order valence-electron chi connectivity index (χ2n) is 5.84. The summed E-state index contributed by atoms with van der Waals surface area (Å²) in [6.45, 7) is 1.75. The summed E-state index contributed by atoms with van der Waals surface area (Å²) in [7, 11) is 0. The van der Waals surface area contributed by atoms with E-state index in [-0.39, 0.29) is 12.0 Å². The Morgan fingerprint density at radius 2 is 1.89 bits per heavy atom. The van der Waals surface area contributed by atoms with Gasteiger partial charge in [-0.05, 0) is 44.1 Å². The first-order valence-electron chi connectivity index (χ1n) is 7.41. The van der Waals surface area contributed by atoms with Gasteiger partial charge in [0.15, 0.2) is 0 Å². The fraction of sp³-hybridized carbons (Fsp3) is 0.929. The molecule has 2 fully saturated rings. The maximum absolute atomic E-state index is 11.5. The second kappa shape index (κ2) is 7.10. The molecule has 0 radical (unpaired) electrons. The normalized spacial score (nSPS) is 22.7. The Kier molecular flexibility index (Phi) is 5.45. The molecule has 4 nitrogen and oxygen atoms in total. The zero-order valence-electron chi connectivity index (χ0n) is 11.2. The summed E-state index contributed by atoms with van der Waals surface area (Å²) in [5.74, 6) is 1.19. The molecule has 0 saturated heterocycles. The van der Waals surface area contributed by atoms with Crippen molar-refractivity contribution in [3.8, 4) is 0 Å². The van der Waals surface area contributed by atoms with E-state index in [1.54, 1.807) is 0 Å². The monoisotopic (exact) mass is 254 g/mol. The molecule has 3 N–H and O–H groups in total. The van der Waals surface area contributed by atoms with Crippen LogP contribution < -0.4 is 10.6 Å². The van der Waals surface area contributed by atoms with Crippen LogP contribution in [0.1, 0.15) is 44.9 Å². The Bertz CT molecular complexity index is 261. The average molecular weight is 254 g/mol. The zero-order chi connectivity index (χ0) is 12.8. The van der Waals surface area contributed by atoms with Gasteiger partial charge in [-0.25, -0.2) is 0 Å². The number of aliphatic hydroxyl groups is 1. The predicted molar refractivity (Wildman–Crippen MR) is 71.2 cm³/mol. The van der Waals surface area contributed by atoms with Gasteiger partial charge >= 0.3 is 0 Å². The molecule has 2 saturated carbocycles. The topological polar surface area (TPSA) is 61.4 Å². The van der Waals surface area contributed by atoms with Crippen LogP contribution in [0.15, 0.2) is 0 Å². The molecule has 2 aliphatic carbocycles. The highest BCUT2D eigenvalue weighted by Crippen LogP contribution is 2.27. The summed E-state index contributed by atoms with van der Waals surface area (Å²) < 4.78 is 0.